The molecule has 0 aliphatic heterocycles. The Bertz CT molecular complexity index is 1580. The second-order valence-electron chi connectivity index (χ2n) is 22.6. The topological polar surface area (TPSA) is 57.2 Å². The first-order valence-corrected chi connectivity index (χ1v) is 21.8. The van der Waals surface area contributed by atoms with Crippen molar-refractivity contribution in [2.45, 2.75) is 179 Å². The molecule has 306 valence electrons. The van der Waals surface area contributed by atoms with Crippen LogP contribution in [0.1, 0.15) is 191 Å². The summed E-state index contributed by atoms with van der Waals surface area (Å²) in [7, 11) is -4.37. The van der Waals surface area contributed by atoms with Crippen LogP contribution in [0.4, 0.5) is 0 Å². The van der Waals surface area contributed by atoms with Gasteiger partial charge in [0.1, 0.15) is 10.1 Å². The largest absolute Gasteiger partial charge is 0.744 e. The summed E-state index contributed by atoms with van der Waals surface area (Å²) in [6, 6.07) is 28.3. The standard InChI is InChI=1S/C18H30.C16H26O3S.C16H26/c1-17(2,3)14-10-13-16(18(4,5)6)15-11-8-7-9-12-15;1-15(2,3)11-14(16(4,5)6)12-7-9-13(10-8-12)20(17,18)19;1-15(2,3)12-14(16(4,5)6)13-10-8-7-9-11-13/h7-9,11-12,16H,10,13-14H2,1-6H3;7-10,14H,11H2,1-6H3,(H,17,18,19);7-11,14H,12H2,1-6H3/p-1. The zero-order valence-corrected chi connectivity index (χ0v) is 38.8. The van der Waals surface area contributed by atoms with Crippen molar-refractivity contribution < 1.29 is 13.0 Å². The molecule has 0 aromatic heterocycles. The Kier molecular flexibility index (Phi) is 18.0. The second-order valence-corrected chi connectivity index (χ2v) is 24.0. The van der Waals surface area contributed by atoms with Crippen LogP contribution in [0.25, 0.3) is 0 Å². The van der Waals surface area contributed by atoms with Crippen molar-refractivity contribution in [3.8, 4) is 0 Å². The maximum Gasteiger partial charge on any atom is 0.124 e. The van der Waals surface area contributed by atoms with Crippen molar-refractivity contribution in [3.63, 3.8) is 0 Å². The quantitative estimate of drug-likeness (QED) is 0.204. The van der Waals surface area contributed by atoms with Gasteiger partial charge in [0.05, 0.1) is 4.90 Å². The lowest BCUT2D eigenvalue weighted by molar-refractivity contribution is 0.229. The monoisotopic (exact) mass is 762 g/mol. The third-order valence-electron chi connectivity index (χ3n) is 10.2. The normalized spacial score (nSPS) is 14.9. The molecule has 0 saturated heterocycles. The molecule has 4 heteroatoms. The van der Waals surface area contributed by atoms with E-state index in [2.05, 4.69) is 185 Å². The van der Waals surface area contributed by atoms with Crippen molar-refractivity contribution in [1.29, 1.82) is 0 Å². The van der Waals surface area contributed by atoms with Gasteiger partial charge in [-0.15, -0.1) is 0 Å². The lowest BCUT2D eigenvalue weighted by atomic mass is 9.69. The average molecular weight is 762 g/mol. The maximum absolute atomic E-state index is 11.0. The molecule has 0 bridgehead atoms. The van der Waals surface area contributed by atoms with Crippen LogP contribution in [0.2, 0.25) is 0 Å². The first-order chi connectivity index (χ1) is 24.2. The molecule has 0 aliphatic rings. The summed E-state index contributed by atoms with van der Waals surface area (Å²) in [5.74, 6) is 1.61. The Morgan fingerprint density at radius 2 is 0.759 bits per heavy atom. The molecule has 3 unspecified atom stereocenters. The van der Waals surface area contributed by atoms with Gasteiger partial charge in [0.2, 0.25) is 0 Å². The summed E-state index contributed by atoms with van der Waals surface area (Å²) in [6.45, 7) is 41.2. The Labute approximate surface area is 335 Å². The highest BCUT2D eigenvalue weighted by atomic mass is 32.2. The third-order valence-corrected chi connectivity index (χ3v) is 11.0. The van der Waals surface area contributed by atoms with Gasteiger partial charge in [0.15, 0.2) is 0 Å². The van der Waals surface area contributed by atoms with Gasteiger partial charge in [-0.2, -0.15) is 0 Å². The molecule has 0 saturated carbocycles. The number of hydrogen-bond acceptors (Lipinski definition) is 3. The highest BCUT2D eigenvalue weighted by Gasteiger charge is 2.31. The van der Waals surface area contributed by atoms with Crippen molar-refractivity contribution in [2.24, 2.45) is 32.5 Å². The fourth-order valence-electron chi connectivity index (χ4n) is 7.25. The second kappa shape index (κ2) is 19.6. The first-order valence-electron chi connectivity index (χ1n) is 20.4. The predicted octanol–water partition coefficient (Wildman–Crippen LogP) is 15.4. The number of benzene rings is 3. The molecule has 54 heavy (non-hydrogen) atoms. The molecule has 0 aliphatic carbocycles. The van der Waals surface area contributed by atoms with Crippen LogP contribution in [0.3, 0.4) is 0 Å². The molecular weight excluding hydrogens is 681 g/mol. The fourth-order valence-corrected chi connectivity index (χ4v) is 7.72. The summed E-state index contributed by atoms with van der Waals surface area (Å²) < 4.78 is 33.0. The SMILES string of the molecule is CC(C)(C)CC(c1ccc(S(=O)(=O)[O-])cc1)C(C)(C)C.CC(C)(C)CC(c1ccccc1)C(C)(C)C.CC(C)(C)CCCC(c1ccccc1)C(C)(C)C. The molecule has 0 amide bonds. The highest BCUT2D eigenvalue weighted by Crippen LogP contribution is 2.44. The van der Waals surface area contributed by atoms with Crippen molar-refractivity contribution >= 4 is 10.1 Å². The van der Waals surface area contributed by atoms with Gasteiger partial charge in [0.25, 0.3) is 0 Å². The van der Waals surface area contributed by atoms with Gasteiger partial charge in [-0.25, -0.2) is 8.42 Å². The molecule has 0 N–H and O–H groups in total. The van der Waals surface area contributed by atoms with Crippen molar-refractivity contribution in [1.82, 2.24) is 0 Å². The third kappa shape index (κ3) is 19.9. The Morgan fingerprint density at radius 3 is 1.04 bits per heavy atom. The number of hydrogen-bond donors (Lipinski definition) is 0. The minimum atomic E-state index is -4.37. The van der Waals surface area contributed by atoms with Gasteiger partial charge in [-0.3, -0.25) is 0 Å². The lowest BCUT2D eigenvalue weighted by Crippen LogP contribution is -2.23. The van der Waals surface area contributed by atoms with E-state index in [4.69, 9.17) is 0 Å². The summed E-state index contributed by atoms with van der Waals surface area (Å²) in [6.07, 6.45) is 6.16. The summed E-state index contributed by atoms with van der Waals surface area (Å²) in [4.78, 5) is -0.162. The Balaban J connectivity index is 0.000000408. The van der Waals surface area contributed by atoms with Gasteiger partial charge < -0.3 is 4.55 Å². The van der Waals surface area contributed by atoms with Crippen LogP contribution in [0, 0.1) is 32.5 Å². The molecular formula is C50H81O3S-. The molecule has 3 aromatic carbocycles. The average Bonchev–Trinajstić information content (AvgIpc) is 2.99. The van der Waals surface area contributed by atoms with E-state index in [0.29, 0.717) is 39.4 Å². The smallest absolute Gasteiger partial charge is 0.124 e. The maximum atomic E-state index is 11.0. The van der Waals surface area contributed by atoms with Gasteiger partial charge >= 0.3 is 0 Å². The molecule has 3 aromatic rings. The van der Waals surface area contributed by atoms with E-state index in [1.807, 2.05) is 0 Å². The zero-order valence-electron chi connectivity index (χ0n) is 38.0. The molecule has 3 nitrogen and oxygen atoms in total. The highest BCUT2D eigenvalue weighted by molar-refractivity contribution is 7.85. The lowest BCUT2D eigenvalue weighted by Gasteiger charge is -2.36. The summed E-state index contributed by atoms with van der Waals surface area (Å²) in [5.41, 5.74) is 5.83. The minimum absolute atomic E-state index is 0.0745. The van der Waals surface area contributed by atoms with E-state index >= 15 is 0 Å². The predicted molar refractivity (Wildman–Crippen MR) is 235 cm³/mol. The van der Waals surface area contributed by atoms with E-state index in [-0.39, 0.29) is 15.7 Å². The van der Waals surface area contributed by atoms with Crippen LogP contribution in [0.15, 0.2) is 89.8 Å². The molecule has 0 heterocycles. The van der Waals surface area contributed by atoms with E-state index < -0.39 is 10.1 Å². The van der Waals surface area contributed by atoms with Gasteiger partial charge in [-0.1, -0.05) is 204 Å². The van der Waals surface area contributed by atoms with E-state index in [0.717, 1.165) is 12.0 Å². The van der Waals surface area contributed by atoms with Crippen LogP contribution in [-0.2, 0) is 10.1 Å². The van der Waals surface area contributed by atoms with Gasteiger partial charge in [-0.05, 0) is 105 Å². The van der Waals surface area contributed by atoms with Crippen LogP contribution in [-0.4, -0.2) is 13.0 Å². The van der Waals surface area contributed by atoms with E-state index in [1.54, 1.807) is 12.1 Å². The number of rotatable bonds is 9. The molecule has 0 radical (unpaired) electrons. The summed E-state index contributed by atoms with van der Waals surface area (Å²) in [5, 5.41) is 0. The van der Waals surface area contributed by atoms with E-state index in [1.165, 1.54) is 48.9 Å². The first kappa shape index (κ1) is 49.6. The van der Waals surface area contributed by atoms with Crippen molar-refractivity contribution in [2.75, 3.05) is 0 Å². The molecule has 3 rings (SSSR count). The molecule has 0 fully saturated rings. The molecule has 0 spiro atoms. The summed E-state index contributed by atoms with van der Waals surface area (Å²) >= 11 is 0. The van der Waals surface area contributed by atoms with Crippen LogP contribution >= 0.6 is 0 Å². The fraction of sp³-hybridized carbons (Fsp3) is 0.640. The van der Waals surface area contributed by atoms with E-state index in [9.17, 15) is 13.0 Å². The zero-order chi connectivity index (χ0) is 42.0. The van der Waals surface area contributed by atoms with Crippen LogP contribution in [0.5, 0.6) is 0 Å². The molecule has 3 atom stereocenters. The Hall–Kier alpha value is -2.43. The van der Waals surface area contributed by atoms with Gasteiger partial charge in [0, 0.05) is 0 Å². The minimum Gasteiger partial charge on any atom is -0.744 e. The van der Waals surface area contributed by atoms with Crippen molar-refractivity contribution in [3.05, 3.63) is 102 Å². The van der Waals surface area contributed by atoms with Crippen LogP contribution < -0.4 is 0 Å². The Morgan fingerprint density at radius 1 is 0.444 bits per heavy atom.